The highest BCUT2D eigenvalue weighted by atomic mass is 79.9. The number of hydrogen-bond donors (Lipinski definition) is 0. The van der Waals surface area contributed by atoms with Crippen LogP contribution in [0.2, 0.25) is 0 Å². The van der Waals surface area contributed by atoms with Gasteiger partial charge < -0.3 is 0 Å². The third kappa shape index (κ3) is 2.71. The monoisotopic (exact) mass is 284 g/mol. The molecule has 0 aliphatic rings. The van der Waals surface area contributed by atoms with E-state index in [1.165, 1.54) is 6.92 Å². The number of hydrogen-bond acceptors (Lipinski definition) is 0. The van der Waals surface area contributed by atoms with Crippen LogP contribution in [0.1, 0.15) is 22.9 Å². The van der Waals surface area contributed by atoms with Crippen molar-refractivity contribution < 1.29 is 17.6 Å². The summed E-state index contributed by atoms with van der Waals surface area (Å²) in [6, 6.07) is 1.70. The summed E-state index contributed by atoms with van der Waals surface area (Å²) in [4.78, 5) is -1.53. The summed E-state index contributed by atoms with van der Waals surface area (Å²) in [6.45, 7) is 2.01. The average Bonchev–Trinajstić information content (AvgIpc) is 2.08. The van der Waals surface area contributed by atoms with Crippen LogP contribution in [0.25, 0.3) is 0 Å². The summed E-state index contributed by atoms with van der Waals surface area (Å²) in [5.74, 6) is -4.68. The number of aryl methyl sites for hydroxylation is 1. The molecule has 5 heteroatoms. The Balaban J connectivity index is 3.21. The van der Waals surface area contributed by atoms with Gasteiger partial charge >= 0.3 is 0 Å². The lowest BCUT2D eigenvalue weighted by atomic mass is 10.0. The SMILES string of the molecule is Cc1cc(F)c(C(Br)C(C)(F)F)cc1F. The molecule has 0 bridgehead atoms. The molecule has 1 atom stereocenters. The first-order valence-corrected chi connectivity index (χ1v) is 5.12. The van der Waals surface area contributed by atoms with Gasteiger partial charge in [0.25, 0.3) is 5.92 Å². The second-order valence-corrected chi connectivity index (χ2v) is 4.36. The predicted molar refractivity (Wildman–Crippen MR) is 53.4 cm³/mol. The van der Waals surface area contributed by atoms with E-state index in [0.717, 1.165) is 12.1 Å². The highest BCUT2D eigenvalue weighted by molar-refractivity contribution is 9.09. The molecule has 1 aromatic carbocycles. The first kappa shape index (κ1) is 12.5. The van der Waals surface area contributed by atoms with Gasteiger partial charge in [-0.3, -0.25) is 0 Å². The fraction of sp³-hybridized carbons (Fsp3) is 0.400. The second-order valence-electron chi connectivity index (χ2n) is 3.44. The maximum atomic E-state index is 13.3. The average molecular weight is 285 g/mol. The second kappa shape index (κ2) is 4.12. The van der Waals surface area contributed by atoms with Crippen LogP contribution in [-0.2, 0) is 0 Å². The van der Waals surface area contributed by atoms with Crippen molar-refractivity contribution in [2.75, 3.05) is 0 Å². The van der Waals surface area contributed by atoms with E-state index in [9.17, 15) is 17.6 Å². The molecule has 0 saturated heterocycles. The minimum absolute atomic E-state index is 0.0929. The highest BCUT2D eigenvalue weighted by Crippen LogP contribution is 2.39. The molecule has 0 aromatic heterocycles. The van der Waals surface area contributed by atoms with Gasteiger partial charge in [0.2, 0.25) is 0 Å². The molecular weight excluding hydrogens is 276 g/mol. The summed E-state index contributed by atoms with van der Waals surface area (Å²) in [5.41, 5.74) is -0.277. The Morgan fingerprint density at radius 3 is 2.20 bits per heavy atom. The van der Waals surface area contributed by atoms with E-state index in [0.29, 0.717) is 6.92 Å². The molecule has 0 fully saturated rings. The molecule has 0 aliphatic carbocycles. The lowest BCUT2D eigenvalue weighted by Crippen LogP contribution is -2.18. The third-order valence-corrected chi connectivity index (χ3v) is 3.29. The Morgan fingerprint density at radius 2 is 1.73 bits per heavy atom. The van der Waals surface area contributed by atoms with Gasteiger partial charge in [-0.2, -0.15) is 0 Å². The van der Waals surface area contributed by atoms with E-state index in [2.05, 4.69) is 15.9 Å². The first-order valence-electron chi connectivity index (χ1n) is 4.21. The van der Waals surface area contributed by atoms with Crippen molar-refractivity contribution in [1.82, 2.24) is 0 Å². The Kier molecular flexibility index (Phi) is 3.43. The minimum atomic E-state index is -3.15. The number of halogens is 5. The molecular formula is C10H9BrF4. The maximum absolute atomic E-state index is 13.3. The Labute approximate surface area is 93.4 Å². The molecule has 1 rings (SSSR count). The van der Waals surface area contributed by atoms with Gasteiger partial charge in [0.1, 0.15) is 16.5 Å². The van der Waals surface area contributed by atoms with Gasteiger partial charge in [0, 0.05) is 12.5 Å². The lowest BCUT2D eigenvalue weighted by molar-refractivity contribution is 0.0203. The molecule has 1 aromatic rings. The summed E-state index contributed by atoms with van der Waals surface area (Å²) >= 11 is 2.66. The lowest BCUT2D eigenvalue weighted by Gasteiger charge is -2.18. The van der Waals surface area contributed by atoms with E-state index >= 15 is 0 Å². The third-order valence-electron chi connectivity index (χ3n) is 2.00. The molecule has 0 radical (unpaired) electrons. The van der Waals surface area contributed by atoms with Crippen molar-refractivity contribution in [1.29, 1.82) is 0 Å². The molecule has 0 heterocycles. The van der Waals surface area contributed by atoms with Gasteiger partial charge in [-0.1, -0.05) is 15.9 Å². The normalized spacial score (nSPS) is 14.1. The van der Waals surface area contributed by atoms with Gasteiger partial charge in [-0.05, 0) is 24.6 Å². The predicted octanol–water partition coefficient (Wildman–Crippen LogP) is 4.36. The van der Waals surface area contributed by atoms with E-state index in [-0.39, 0.29) is 11.1 Å². The molecule has 1 unspecified atom stereocenters. The zero-order valence-electron chi connectivity index (χ0n) is 8.12. The van der Waals surface area contributed by atoms with Crippen molar-refractivity contribution in [2.24, 2.45) is 0 Å². The van der Waals surface area contributed by atoms with Crippen molar-refractivity contribution in [2.45, 2.75) is 24.6 Å². The van der Waals surface area contributed by atoms with Crippen LogP contribution >= 0.6 is 15.9 Å². The van der Waals surface area contributed by atoms with Gasteiger partial charge in [-0.15, -0.1) is 0 Å². The Hall–Kier alpha value is -0.580. The fourth-order valence-electron chi connectivity index (χ4n) is 1.13. The molecule has 0 saturated carbocycles. The van der Waals surface area contributed by atoms with E-state index < -0.39 is 22.4 Å². The summed E-state index contributed by atoms with van der Waals surface area (Å²) in [5, 5.41) is 0. The van der Waals surface area contributed by atoms with Crippen LogP contribution in [0, 0.1) is 18.6 Å². The van der Waals surface area contributed by atoms with E-state index in [1.54, 1.807) is 0 Å². The van der Waals surface area contributed by atoms with Gasteiger partial charge in [-0.25, -0.2) is 17.6 Å². The molecule has 0 nitrogen and oxygen atoms in total. The van der Waals surface area contributed by atoms with Crippen LogP contribution in [0.4, 0.5) is 17.6 Å². The van der Waals surface area contributed by atoms with Gasteiger partial charge in [0.15, 0.2) is 0 Å². The highest BCUT2D eigenvalue weighted by Gasteiger charge is 2.35. The fourth-order valence-corrected chi connectivity index (χ4v) is 1.48. The summed E-state index contributed by atoms with van der Waals surface area (Å²) in [6.07, 6.45) is 0. The van der Waals surface area contributed by atoms with E-state index in [1.807, 2.05) is 0 Å². The van der Waals surface area contributed by atoms with Crippen molar-refractivity contribution >= 4 is 15.9 Å². The minimum Gasteiger partial charge on any atom is -0.207 e. The number of benzene rings is 1. The first-order chi connectivity index (χ1) is 6.73. The number of rotatable bonds is 2. The van der Waals surface area contributed by atoms with Crippen LogP contribution < -0.4 is 0 Å². The molecule has 0 spiro atoms. The zero-order valence-corrected chi connectivity index (χ0v) is 9.71. The molecule has 0 N–H and O–H groups in total. The van der Waals surface area contributed by atoms with Gasteiger partial charge in [0.05, 0.1) is 0 Å². The molecule has 84 valence electrons. The van der Waals surface area contributed by atoms with E-state index in [4.69, 9.17) is 0 Å². The summed E-state index contributed by atoms with van der Waals surface area (Å²) in [7, 11) is 0. The zero-order chi connectivity index (χ0) is 11.8. The molecule has 15 heavy (non-hydrogen) atoms. The van der Waals surface area contributed by atoms with Crippen molar-refractivity contribution in [3.05, 3.63) is 34.9 Å². The van der Waals surface area contributed by atoms with Crippen LogP contribution in [0.5, 0.6) is 0 Å². The topological polar surface area (TPSA) is 0 Å². The molecule has 0 aliphatic heterocycles. The number of alkyl halides is 3. The van der Waals surface area contributed by atoms with Crippen molar-refractivity contribution in [3.63, 3.8) is 0 Å². The quantitative estimate of drug-likeness (QED) is 0.559. The molecule has 0 amide bonds. The van der Waals surface area contributed by atoms with Crippen LogP contribution in [0.3, 0.4) is 0 Å². The Bertz CT molecular complexity index is 370. The van der Waals surface area contributed by atoms with Crippen molar-refractivity contribution in [3.8, 4) is 0 Å². The maximum Gasteiger partial charge on any atom is 0.261 e. The largest absolute Gasteiger partial charge is 0.261 e. The standard InChI is InChI=1S/C10H9BrF4/c1-5-3-8(13)6(4-7(5)12)9(11)10(2,14)15/h3-4,9H,1-2H3. The van der Waals surface area contributed by atoms with Crippen LogP contribution in [0.15, 0.2) is 12.1 Å². The smallest absolute Gasteiger partial charge is 0.207 e. The summed E-state index contributed by atoms with van der Waals surface area (Å²) < 4.78 is 52.1. The van der Waals surface area contributed by atoms with Crippen LogP contribution in [-0.4, -0.2) is 5.92 Å². The Morgan fingerprint density at radius 1 is 1.20 bits per heavy atom.